The Morgan fingerprint density at radius 3 is 2.16 bits per heavy atom. The summed E-state index contributed by atoms with van der Waals surface area (Å²) in [5.41, 5.74) is 1.38. The van der Waals surface area contributed by atoms with Crippen LogP contribution in [0.5, 0.6) is 0 Å². The lowest BCUT2D eigenvalue weighted by Gasteiger charge is -2.39. The average Bonchev–Trinajstić information content (AvgIpc) is 3.42. The molecule has 0 saturated heterocycles. The van der Waals surface area contributed by atoms with Crippen molar-refractivity contribution < 1.29 is 23.9 Å². The van der Waals surface area contributed by atoms with E-state index in [9.17, 15) is 14.4 Å². The molecule has 7 nitrogen and oxygen atoms in total. The number of alkyl carbamates (subject to hydrolysis) is 1. The summed E-state index contributed by atoms with van der Waals surface area (Å²) >= 11 is 1.62. The number of hydrogen-bond acceptors (Lipinski definition) is 6. The molecule has 0 bridgehead atoms. The highest BCUT2D eigenvalue weighted by Crippen LogP contribution is 2.33. The van der Waals surface area contributed by atoms with Crippen molar-refractivity contribution in [3.05, 3.63) is 88.5 Å². The van der Waals surface area contributed by atoms with Gasteiger partial charge in [-0.05, 0) is 66.8 Å². The standard InChI is InChI=1S/C30H35N2O5S/c1-20(23-10-8-7-9-11-23)30(32-28(35)37-29(3,4)5,27(34)31-21(2)26(33)36-6)18-22-12-14-24(15-13-22)25-16-17-38-19-25/h7-17,19,21H,18H2,1-6H3,(H,31,34)(H,32,35)/t21-,30-/m0/s1. The fourth-order valence-corrected chi connectivity index (χ4v) is 4.76. The minimum atomic E-state index is -1.57. The molecule has 2 N–H and O–H groups in total. The summed E-state index contributed by atoms with van der Waals surface area (Å²) < 4.78 is 10.4. The molecular formula is C30H35N2O5S. The average molecular weight is 536 g/mol. The summed E-state index contributed by atoms with van der Waals surface area (Å²) in [7, 11) is 1.26. The van der Waals surface area contributed by atoms with Crippen LogP contribution in [0.15, 0.2) is 71.4 Å². The molecule has 38 heavy (non-hydrogen) atoms. The molecule has 1 radical (unpaired) electrons. The number of carbonyl (C=O) groups is 3. The van der Waals surface area contributed by atoms with Gasteiger partial charge in [-0.2, -0.15) is 11.3 Å². The Morgan fingerprint density at radius 2 is 1.61 bits per heavy atom. The number of thiophene rings is 1. The van der Waals surface area contributed by atoms with E-state index >= 15 is 0 Å². The van der Waals surface area contributed by atoms with Gasteiger partial charge in [0, 0.05) is 12.3 Å². The van der Waals surface area contributed by atoms with Crippen LogP contribution in [0.2, 0.25) is 0 Å². The van der Waals surface area contributed by atoms with Crippen molar-refractivity contribution in [2.24, 2.45) is 0 Å². The van der Waals surface area contributed by atoms with Crippen molar-refractivity contribution in [2.45, 2.75) is 58.2 Å². The van der Waals surface area contributed by atoms with Crippen LogP contribution in [0.1, 0.15) is 45.7 Å². The number of nitrogens with one attached hydrogen (secondary N) is 2. The molecule has 3 aromatic rings. The van der Waals surface area contributed by atoms with Crippen molar-refractivity contribution in [3.8, 4) is 11.1 Å². The third-order valence-corrected chi connectivity index (χ3v) is 6.81. The first-order valence-electron chi connectivity index (χ1n) is 12.4. The summed E-state index contributed by atoms with van der Waals surface area (Å²) in [6.45, 7) is 8.60. The number of carbonyl (C=O) groups excluding carboxylic acids is 3. The maximum Gasteiger partial charge on any atom is 0.408 e. The fourth-order valence-electron chi connectivity index (χ4n) is 4.10. The summed E-state index contributed by atoms with van der Waals surface area (Å²) in [6, 6.07) is 18.3. The minimum Gasteiger partial charge on any atom is -0.467 e. The lowest BCUT2D eigenvalue weighted by Crippen LogP contribution is -2.65. The molecule has 0 aliphatic heterocycles. The lowest BCUT2D eigenvalue weighted by molar-refractivity contribution is -0.145. The van der Waals surface area contributed by atoms with Crippen LogP contribution < -0.4 is 10.6 Å². The van der Waals surface area contributed by atoms with E-state index in [1.54, 1.807) is 39.0 Å². The van der Waals surface area contributed by atoms with Gasteiger partial charge in [-0.25, -0.2) is 9.59 Å². The number of ether oxygens (including phenoxy) is 2. The van der Waals surface area contributed by atoms with E-state index < -0.39 is 35.2 Å². The monoisotopic (exact) mass is 535 g/mol. The van der Waals surface area contributed by atoms with E-state index in [0.29, 0.717) is 5.92 Å². The highest BCUT2D eigenvalue weighted by Gasteiger charge is 2.48. The smallest absolute Gasteiger partial charge is 0.408 e. The number of benzene rings is 2. The van der Waals surface area contributed by atoms with E-state index in [-0.39, 0.29) is 6.42 Å². The fraction of sp³-hybridized carbons (Fsp3) is 0.333. The Kier molecular flexibility index (Phi) is 9.33. The van der Waals surface area contributed by atoms with Crippen molar-refractivity contribution >= 4 is 29.3 Å². The Labute approximate surface area is 228 Å². The van der Waals surface area contributed by atoms with Gasteiger partial charge in [0.1, 0.15) is 17.2 Å². The van der Waals surface area contributed by atoms with Crippen LogP contribution in [-0.4, -0.2) is 42.3 Å². The van der Waals surface area contributed by atoms with Crippen LogP contribution in [0.4, 0.5) is 4.79 Å². The first-order valence-corrected chi connectivity index (χ1v) is 13.3. The molecule has 3 rings (SSSR count). The zero-order valence-electron chi connectivity index (χ0n) is 22.7. The highest BCUT2D eigenvalue weighted by molar-refractivity contribution is 7.08. The quantitative estimate of drug-likeness (QED) is 0.351. The molecule has 0 fully saturated rings. The van der Waals surface area contributed by atoms with E-state index in [1.165, 1.54) is 14.0 Å². The molecule has 8 heteroatoms. The van der Waals surface area contributed by atoms with Gasteiger partial charge in [0.15, 0.2) is 0 Å². The minimum absolute atomic E-state index is 0.122. The molecule has 0 spiro atoms. The topological polar surface area (TPSA) is 93.7 Å². The van der Waals surface area contributed by atoms with E-state index in [0.717, 1.165) is 22.3 Å². The summed E-state index contributed by atoms with van der Waals surface area (Å²) in [6.07, 6.45) is -0.625. The third kappa shape index (κ3) is 7.22. The highest BCUT2D eigenvalue weighted by atomic mass is 32.1. The molecule has 2 atom stereocenters. The molecule has 2 aromatic carbocycles. The van der Waals surface area contributed by atoms with Crippen molar-refractivity contribution in [2.75, 3.05) is 7.11 Å². The van der Waals surface area contributed by atoms with Crippen LogP contribution in [-0.2, 0) is 25.5 Å². The second kappa shape index (κ2) is 12.3. The van der Waals surface area contributed by atoms with Crippen LogP contribution >= 0.6 is 11.3 Å². The number of methoxy groups -OCH3 is 1. The summed E-state index contributed by atoms with van der Waals surface area (Å²) in [4.78, 5) is 39.4. The molecule has 0 saturated carbocycles. The van der Waals surface area contributed by atoms with Gasteiger partial charge in [0.05, 0.1) is 7.11 Å². The molecule has 201 valence electrons. The Bertz CT molecular complexity index is 1220. The Hall–Kier alpha value is -3.65. The maximum atomic E-state index is 14.1. The Balaban J connectivity index is 2.08. The first-order chi connectivity index (χ1) is 17.9. The van der Waals surface area contributed by atoms with Gasteiger partial charge >= 0.3 is 12.1 Å². The molecule has 2 amide bonds. The third-order valence-electron chi connectivity index (χ3n) is 6.13. The van der Waals surface area contributed by atoms with E-state index in [2.05, 4.69) is 16.0 Å². The first kappa shape index (κ1) is 28.9. The predicted molar refractivity (Wildman–Crippen MR) is 150 cm³/mol. The number of rotatable bonds is 9. The molecule has 1 heterocycles. The van der Waals surface area contributed by atoms with Gasteiger partial charge in [0.2, 0.25) is 5.91 Å². The van der Waals surface area contributed by atoms with Gasteiger partial charge in [-0.3, -0.25) is 4.79 Å². The van der Waals surface area contributed by atoms with Crippen molar-refractivity contribution in [1.29, 1.82) is 0 Å². The molecule has 0 aliphatic carbocycles. The zero-order chi connectivity index (χ0) is 27.9. The summed E-state index contributed by atoms with van der Waals surface area (Å²) in [5.74, 6) is -0.549. The SMILES string of the molecule is COC(=O)[C@H](C)NC(=O)[C@@](Cc1ccc(-c2ccsc2)cc1)(NC(=O)OC(C)(C)C)[C](C)c1ccccc1. The molecule has 0 aliphatic rings. The maximum absolute atomic E-state index is 14.1. The number of amides is 2. The molecular weight excluding hydrogens is 500 g/mol. The largest absolute Gasteiger partial charge is 0.467 e. The second-order valence-corrected chi connectivity index (χ2v) is 10.9. The van der Waals surface area contributed by atoms with E-state index in [4.69, 9.17) is 9.47 Å². The normalized spacial score (nSPS) is 13.8. The van der Waals surface area contributed by atoms with E-state index in [1.807, 2.05) is 66.0 Å². The number of hydrogen-bond donors (Lipinski definition) is 2. The lowest BCUT2D eigenvalue weighted by atomic mass is 9.75. The zero-order valence-corrected chi connectivity index (χ0v) is 23.5. The van der Waals surface area contributed by atoms with Gasteiger partial charge in [-0.15, -0.1) is 0 Å². The van der Waals surface area contributed by atoms with Gasteiger partial charge in [-0.1, -0.05) is 61.5 Å². The van der Waals surface area contributed by atoms with Gasteiger partial charge < -0.3 is 20.1 Å². The van der Waals surface area contributed by atoms with Crippen molar-refractivity contribution in [3.63, 3.8) is 0 Å². The van der Waals surface area contributed by atoms with Crippen LogP contribution in [0, 0.1) is 5.92 Å². The van der Waals surface area contributed by atoms with Crippen LogP contribution in [0.3, 0.4) is 0 Å². The van der Waals surface area contributed by atoms with Gasteiger partial charge in [0.25, 0.3) is 0 Å². The van der Waals surface area contributed by atoms with Crippen LogP contribution in [0.25, 0.3) is 11.1 Å². The van der Waals surface area contributed by atoms with Crippen molar-refractivity contribution in [1.82, 2.24) is 10.6 Å². The number of esters is 1. The molecule has 0 unspecified atom stereocenters. The second-order valence-electron chi connectivity index (χ2n) is 10.1. The predicted octanol–water partition coefficient (Wildman–Crippen LogP) is 5.54. The summed E-state index contributed by atoms with van der Waals surface area (Å²) in [5, 5.41) is 9.70. The molecule has 1 aromatic heterocycles. The Morgan fingerprint density at radius 1 is 0.947 bits per heavy atom.